The number of allylic oxidation sites excluding steroid dienone is 1. The summed E-state index contributed by atoms with van der Waals surface area (Å²) in [6.07, 6.45) is 3.26. The summed E-state index contributed by atoms with van der Waals surface area (Å²) in [5.41, 5.74) is 1.94. The smallest absolute Gasteiger partial charge is 0.136 e. The van der Waals surface area contributed by atoms with Crippen molar-refractivity contribution in [3.05, 3.63) is 24.7 Å². The highest BCUT2D eigenvalue weighted by Crippen LogP contribution is 2.16. The van der Waals surface area contributed by atoms with Gasteiger partial charge in [-0.05, 0) is 12.5 Å². The Morgan fingerprint density at radius 3 is 2.82 bits per heavy atom. The van der Waals surface area contributed by atoms with E-state index >= 15 is 0 Å². The van der Waals surface area contributed by atoms with E-state index in [1.165, 1.54) is 6.33 Å². The highest BCUT2D eigenvalue weighted by molar-refractivity contribution is 5.70. The Bertz CT molecular complexity index is 268. The van der Waals surface area contributed by atoms with E-state index in [0.717, 1.165) is 17.0 Å². The summed E-state index contributed by atoms with van der Waals surface area (Å²) < 4.78 is 0. The predicted octanol–water partition coefficient (Wildman–Crippen LogP) is 1.55. The van der Waals surface area contributed by atoms with E-state index in [4.69, 9.17) is 0 Å². The normalized spacial score (nSPS) is 9.27. The average Bonchev–Trinajstić information content (AvgIpc) is 2.04. The second-order valence-electron chi connectivity index (χ2n) is 2.32. The van der Waals surface area contributed by atoms with Crippen LogP contribution in [0.1, 0.15) is 12.5 Å². The monoisotopic (exact) mass is 149 g/mol. The van der Waals surface area contributed by atoms with E-state index in [-0.39, 0.29) is 0 Å². The molecule has 3 nitrogen and oxygen atoms in total. The van der Waals surface area contributed by atoms with Gasteiger partial charge in [0.25, 0.3) is 0 Å². The fourth-order valence-corrected chi connectivity index (χ4v) is 0.841. The number of hydrogen-bond donors (Lipinski definition) is 1. The molecule has 0 aliphatic heterocycles. The zero-order chi connectivity index (χ0) is 8.27. The largest absolute Gasteiger partial charge is 0.373 e. The lowest BCUT2D eigenvalue weighted by atomic mass is 10.2. The Morgan fingerprint density at radius 2 is 2.36 bits per heavy atom. The molecule has 0 amide bonds. The summed E-state index contributed by atoms with van der Waals surface area (Å²) in [4.78, 5) is 7.94. The van der Waals surface area contributed by atoms with Gasteiger partial charge in [-0.2, -0.15) is 0 Å². The van der Waals surface area contributed by atoms with Gasteiger partial charge >= 0.3 is 0 Å². The molecular weight excluding hydrogens is 138 g/mol. The van der Waals surface area contributed by atoms with Crippen molar-refractivity contribution >= 4 is 11.4 Å². The van der Waals surface area contributed by atoms with Crippen LogP contribution in [0.4, 0.5) is 5.82 Å². The lowest BCUT2D eigenvalue weighted by Crippen LogP contribution is -1.97. The van der Waals surface area contributed by atoms with Crippen LogP contribution in [-0.2, 0) is 0 Å². The first-order valence-electron chi connectivity index (χ1n) is 3.39. The highest BCUT2D eigenvalue weighted by atomic mass is 15.0. The van der Waals surface area contributed by atoms with Crippen LogP contribution >= 0.6 is 0 Å². The van der Waals surface area contributed by atoms with Crippen LogP contribution in [0.15, 0.2) is 19.1 Å². The molecule has 1 aromatic rings. The minimum Gasteiger partial charge on any atom is -0.373 e. The Kier molecular flexibility index (Phi) is 2.21. The molecule has 1 aromatic heterocycles. The molecule has 3 heteroatoms. The minimum absolute atomic E-state index is 0.826. The predicted molar refractivity (Wildman–Crippen MR) is 46.3 cm³/mol. The summed E-state index contributed by atoms with van der Waals surface area (Å²) in [6, 6.07) is 0. The molecule has 1 rings (SSSR count). The SMILES string of the molecule is C=C(C)c1cncnc1NC. The first-order chi connectivity index (χ1) is 5.25. The number of anilines is 1. The molecule has 11 heavy (non-hydrogen) atoms. The van der Waals surface area contributed by atoms with Crippen LogP contribution in [0, 0.1) is 0 Å². The second kappa shape index (κ2) is 3.14. The maximum absolute atomic E-state index is 4.04. The Hall–Kier alpha value is -1.38. The van der Waals surface area contributed by atoms with Crippen LogP contribution in [0.3, 0.4) is 0 Å². The molecule has 0 aliphatic rings. The van der Waals surface area contributed by atoms with Crippen molar-refractivity contribution < 1.29 is 0 Å². The highest BCUT2D eigenvalue weighted by Gasteiger charge is 2.00. The molecule has 58 valence electrons. The second-order valence-corrected chi connectivity index (χ2v) is 2.32. The molecule has 0 aromatic carbocycles. The number of aromatic nitrogens is 2. The van der Waals surface area contributed by atoms with Gasteiger partial charge in [0, 0.05) is 18.8 Å². The maximum Gasteiger partial charge on any atom is 0.136 e. The molecule has 1 heterocycles. The number of nitrogens with one attached hydrogen (secondary N) is 1. The first-order valence-corrected chi connectivity index (χ1v) is 3.39. The van der Waals surface area contributed by atoms with Crippen molar-refractivity contribution in [3.63, 3.8) is 0 Å². The third kappa shape index (κ3) is 1.55. The molecule has 0 radical (unpaired) electrons. The maximum atomic E-state index is 4.04. The lowest BCUT2D eigenvalue weighted by Gasteiger charge is -2.04. The van der Waals surface area contributed by atoms with E-state index in [9.17, 15) is 0 Å². The summed E-state index contributed by atoms with van der Waals surface area (Å²) in [5.74, 6) is 0.826. The van der Waals surface area contributed by atoms with Crippen molar-refractivity contribution in [1.82, 2.24) is 9.97 Å². The van der Waals surface area contributed by atoms with Gasteiger partial charge in [0.05, 0.1) is 0 Å². The fraction of sp³-hybridized carbons (Fsp3) is 0.250. The van der Waals surface area contributed by atoms with E-state index in [1.807, 2.05) is 14.0 Å². The van der Waals surface area contributed by atoms with E-state index in [2.05, 4.69) is 21.9 Å². The molecule has 0 fully saturated rings. The Balaban J connectivity index is 3.12. The van der Waals surface area contributed by atoms with Crippen LogP contribution in [0.5, 0.6) is 0 Å². The van der Waals surface area contributed by atoms with Crippen LogP contribution in [0.2, 0.25) is 0 Å². The molecule has 0 unspecified atom stereocenters. The zero-order valence-electron chi connectivity index (χ0n) is 6.76. The zero-order valence-corrected chi connectivity index (χ0v) is 6.76. The Labute approximate surface area is 66.2 Å². The summed E-state index contributed by atoms with van der Waals surface area (Å²) in [7, 11) is 1.83. The molecule has 0 spiro atoms. The molecular formula is C8H11N3. The molecule has 1 N–H and O–H groups in total. The van der Waals surface area contributed by atoms with Crippen molar-refractivity contribution in [1.29, 1.82) is 0 Å². The van der Waals surface area contributed by atoms with E-state index in [0.29, 0.717) is 0 Å². The van der Waals surface area contributed by atoms with Crippen molar-refractivity contribution in [3.8, 4) is 0 Å². The van der Waals surface area contributed by atoms with Crippen LogP contribution in [-0.4, -0.2) is 17.0 Å². The van der Waals surface area contributed by atoms with Crippen molar-refractivity contribution in [2.75, 3.05) is 12.4 Å². The number of hydrogen-bond acceptors (Lipinski definition) is 3. The van der Waals surface area contributed by atoms with Gasteiger partial charge in [0.15, 0.2) is 0 Å². The Morgan fingerprint density at radius 1 is 1.64 bits per heavy atom. The summed E-state index contributed by atoms with van der Waals surface area (Å²) in [5, 5.41) is 2.96. The third-order valence-electron chi connectivity index (χ3n) is 1.41. The van der Waals surface area contributed by atoms with Crippen LogP contribution < -0.4 is 5.32 Å². The van der Waals surface area contributed by atoms with Gasteiger partial charge in [0.2, 0.25) is 0 Å². The summed E-state index contributed by atoms with van der Waals surface area (Å²) in [6.45, 7) is 5.74. The van der Waals surface area contributed by atoms with E-state index in [1.54, 1.807) is 6.20 Å². The lowest BCUT2D eigenvalue weighted by molar-refractivity contribution is 1.14. The molecule has 0 saturated heterocycles. The molecule has 0 saturated carbocycles. The standard InChI is InChI=1S/C8H11N3/c1-6(2)7-4-10-5-11-8(7)9-3/h4-5H,1H2,2-3H3,(H,9,10,11). The molecule has 0 bridgehead atoms. The average molecular weight is 149 g/mol. The van der Waals surface area contributed by atoms with Gasteiger partial charge in [-0.15, -0.1) is 0 Å². The van der Waals surface area contributed by atoms with Gasteiger partial charge < -0.3 is 5.32 Å². The van der Waals surface area contributed by atoms with Gasteiger partial charge in [-0.25, -0.2) is 9.97 Å². The van der Waals surface area contributed by atoms with E-state index < -0.39 is 0 Å². The first kappa shape index (κ1) is 7.72. The third-order valence-corrected chi connectivity index (χ3v) is 1.41. The minimum atomic E-state index is 0.826. The molecule has 0 aliphatic carbocycles. The number of nitrogens with zero attached hydrogens (tertiary/aromatic N) is 2. The van der Waals surface area contributed by atoms with Crippen molar-refractivity contribution in [2.24, 2.45) is 0 Å². The van der Waals surface area contributed by atoms with Gasteiger partial charge in [-0.1, -0.05) is 6.58 Å². The van der Waals surface area contributed by atoms with Crippen molar-refractivity contribution in [2.45, 2.75) is 6.92 Å². The quantitative estimate of drug-likeness (QED) is 0.693. The molecule has 0 atom stereocenters. The topological polar surface area (TPSA) is 37.8 Å². The number of rotatable bonds is 2. The van der Waals surface area contributed by atoms with Gasteiger partial charge in [-0.3, -0.25) is 0 Å². The summed E-state index contributed by atoms with van der Waals surface area (Å²) >= 11 is 0. The van der Waals surface area contributed by atoms with Crippen LogP contribution in [0.25, 0.3) is 5.57 Å². The van der Waals surface area contributed by atoms with Gasteiger partial charge in [0.1, 0.15) is 12.1 Å². The fourth-order valence-electron chi connectivity index (χ4n) is 0.841.